The van der Waals surface area contributed by atoms with E-state index in [-0.39, 0.29) is 24.3 Å². The average molecular weight is 311 g/mol. The van der Waals surface area contributed by atoms with Gasteiger partial charge in [-0.15, -0.1) is 0 Å². The SMILES string of the molecule is COC(=O)[C@@]12CO[C@@H](C(C)(C)C)N1C(=O)[C@H]1CC(=O)O[C@]12C. The van der Waals surface area contributed by atoms with Crippen molar-refractivity contribution in [3.05, 3.63) is 0 Å². The Labute approximate surface area is 128 Å². The van der Waals surface area contributed by atoms with Crippen LogP contribution in [-0.2, 0) is 28.6 Å². The molecule has 4 atom stereocenters. The number of carbonyl (C=O) groups is 3. The number of rotatable bonds is 1. The van der Waals surface area contributed by atoms with E-state index in [1.54, 1.807) is 6.92 Å². The number of methoxy groups -OCH3 is 1. The van der Waals surface area contributed by atoms with Gasteiger partial charge in [0, 0.05) is 5.41 Å². The van der Waals surface area contributed by atoms with Gasteiger partial charge in [-0.3, -0.25) is 14.5 Å². The maximum absolute atomic E-state index is 12.9. The van der Waals surface area contributed by atoms with Crippen molar-refractivity contribution in [1.82, 2.24) is 4.90 Å². The highest BCUT2D eigenvalue weighted by atomic mass is 16.6. The quantitative estimate of drug-likeness (QED) is 0.655. The topological polar surface area (TPSA) is 82.1 Å². The van der Waals surface area contributed by atoms with E-state index in [9.17, 15) is 14.4 Å². The number of amides is 1. The molecule has 3 heterocycles. The Morgan fingerprint density at radius 2 is 2.00 bits per heavy atom. The van der Waals surface area contributed by atoms with E-state index in [1.165, 1.54) is 12.0 Å². The van der Waals surface area contributed by atoms with E-state index in [2.05, 4.69) is 0 Å². The maximum Gasteiger partial charge on any atom is 0.338 e. The van der Waals surface area contributed by atoms with Gasteiger partial charge in [0.25, 0.3) is 0 Å². The Morgan fingerprint density at radius 3 is 2.55 bits per heavy atom. The minimum atomic E-state index is -1.41. The summed E-state index contributed by atoms with van der Waals surface area (Å²) in [6, 6.07) is 0. The number of nitrogens with zero attached hydrogens (tertiary/aromatic N) is 1. The highest BCUT2D eigenvalue weighted by Crippen LogP contribution is 2.56. The van der Waals surface area contributed by atoms with Gasteiger partial charge >= 0.3 is 11.9 Å². The third-order valence-corrected chi connectivity index (χ3v) is 5.08. The van der Waals surface area contributed by atoms with Crippen molar-refractivity contribution >= 4 is 17.8 Å². The first-order chi connectivity index (χ1) is 10.1. The van der Waals surface area contributed by atoms with Gasteiger partial charge in [-0.2, -0.15) is 0 Å². The van der Waals surface area contributed by atoms with Crippen molar-refractivity contribution in [3.8, 4) is 0 Å². The number of fused-ring (bicyclic) bond motifs is 3. The smallest absolute Gasteiger partial charge is 0.338 e. The van der Waals surface area contributed by atoms with Gasteiger partial charge in [-0.05, 0) is 6.92 Å². The van der Waals surface area contributed by atoms with Gasteiger partial charge in [0.2, 0.25) is 11.4 Å². The summed E-state index contributed by atoms with van der Waals surface area (Å²) in [6.45, 7) is 7.39. The minimum Gasteiger partial charge on any atom is -0.467 e. The molecule has 0 N–H and O–H groups in total. The van der Waals surface area contributed by atoms with Crippen molar-refractivity contribution in [2.24, 2.45) is 11.3 Å². The van der Waals surface area contributed by atoms with Crippen molar-refractivity contribution in [2.45, 2.75) is 51.5 Å². The number of ether oxygens (including phenoxy) is 3. The monoisotopic (exact) mass is 311 g/mol. The Morgan fingerprint density at radius 1 is 1.36 bits per heavy atom. The molecule has 0 aliphatic carbocycles. The lowest BCUT2D eigenvalue weighted by Gasteiger charge is -2.40. The third kappa shape index (κ3) is 1.52. The predicted molar refractivity (Wildman–Crippen MR) is 73.4 cm³/mol. The van der Waals surface area contributed by atoms with Crippen LogP contribution in [0.3, 0.4) is 0 Å². The van der Waals surface area contributed by atoms with Gasteiger partial charge in [-0.1, -0.05) is 20.8 Å². The van der Waals surface area contributed by atoms with Crippen LogP contribution in [0.25, 0.3) is 0 Å². The summed E-state index contributed by atoms with van der Waals surface area (Å²) < 4.78 is 16.2. The zero-order valence-electron chi connectivity index (χ0n) is 13.5. The van der Waals surface area contributed by atoms with E-state index < -0.39 is 35.2 Å². The summed E-state index contributed by atoms with van der Waals surface area (Å²) >= 11 is 0. The maximum atomic E-state index is 12.9. The van der Waals surface area contributed by atoms with Crippen LogP contribution in [0.5, 0.6) is 0 Å². The second kappa shape index (κ2) is 4.22. The van der Waals surface area contributed by atoms with Crippen LogP contribution in [0.1, 0.15) is 34.1 Å². The van der Waals surface area contributed by atoms with Crippen LogP contribution >= 0.6 is 0 Å². The standard InChI is InChI=1S/C15H21NO6/c1-13(2,3)11-16-10(18)8-6-9(17)22-14(8,4)15(16,7-21-11)12(19)20-5/h8,11H,6-7H2,1-5H3/t8-,11+,14-,15-/m1/s1. The highest BCUT2D eigenvalue weighted by molar-refractivity contribution is 6.00. The fourth-order valence-corrected chi connectivity index (χ4v) is 3.97. The van der Waals surface area contributed by atoms with E-state index >= 15 is 0 Å². The first-order valence-electron chi connectivity index (χ1n) is 7.34. The highest BCUT2D eigenvalue weighted by Gasteiger charge is 2.79. The van der Waals surface area contributed by atoms with Crippen molar-refractivity contribution < 1.29 is 28.6 Å². The zero-order chi connectivity index (χ0) is 16.5. The summed E-state index contributed by atoms with van der Waals surface area (Å²) in [6.07, 6.45) is -0.582. The fourth-order valence-electron chi connectivity index (χ4n) is 3.97. The van der Waals surface area contributed by atoms with E-state index in [0.29, 0.717) is 0 Å². The van der Waals surface area contributed by atoms with E-state index in [1.807, 2.05) is 20.8 Å². The molecule has 0 unspecified atom stereocenters. The molecule has 122 valence electrons. The van der Waals surface area contributed by atoms with Crippen LogP contribution in [0, 0.1) is 11.3 Å². The van der Waals surface area contributed by atoms with Gasteiger partial charge in [-0.25, -0.2) is 4.79 Å². The summed E-state index contributed by atoms with van der Waals surface area (Å²) in [5.74, 6) is -2.03. The van der Waals surface area contributed by atoms with Gasteiger partial charge in [0.05, 0.1) is 26.1 Å². The summed E-state index contributed by atoms with van der Waals surface area (Å²) in [5, 5.41) is 0. The normalized spacial score (nSPS) is 40.5. The van der Waals surface area contributed by atoms with Crippen molar-refractivity contribution in [2.75, 3.05) is 13.7 Å². The number of carbonyl (C=O) groups excluding carboxylic acids is 3. The molecular weight excluding hydrogens is 290 g/mol. The van der Waals surface area contributed by atoms with E-state index in [4.69, 9.17) is 14.2 Å². The molecule has 3 aliphatic rings. The molecule has 0 aromatic rings. The summed E-state index contributed by atoms with van der Waals surface area (Å²) in [7, 11) is 1.26. The number of hydrogen-bond acceptors (Lipinski definition) is 6. The summed E-state index contributed by atoms with van der Waals surface area (Å²) in [5.41, 5.74) is -3.05. The molecule has 0 aromatic heterocycles. The molecule has 7 heteroatoms. The molecule has 3 aliphatic heterocycles. The van der Waals surface area contributed by atoms with Gasteiger partial charge in [0.1, 0.15) is 6.23 Å². The molecular formula is C15H21NO6. The molecule has 0 spiro atoms. The molecule has 0 radical (unpaired) electrons. The molecule has 3 rings (SSSR count). The van der Waals surface area contributed by atoms with Crippen LogP contribution < -0.4 is 0 Å². The van der Waals surface area contributed by atoms with Crippen LogP contribution in [-0.4, -0.2) is 53.8 Å². The molecule has 22 heavy (non-hydrogen) atoms. The first kappa shape index (κ1) is 15.3. The minimum absolute atomic E-state index is 0.0125. The number of esters is 2. The average Bonchev–Trinajstić information content (AvgIpc) is 3.00. The molecule has 0 aromatic carbocycles. The molecule has 1 amide bonds. The van der Waals surface area contributed by atoms with Crippen LogP contribution in [0.2, 0.25) is 0 Å². The molecule has 0 saturated carbocycles. The Kier molecular flexibility index (Phi) is 2.93. The van der Waals surface area contributed by atoms with Crippen molar-refractivity contribution in [1.29, 1.82) is 0 Å². The fraction of sp³-hybridized carbons (Fsp3) is 0.800. The second-order valence-corrected chi connectivity index (χ2v) is 7.43. The largest absolute Gasteiger partial charge is 0.467 e. The lowest BCUT2D eigenvalue weighted by Crippen LogP contribution is -2.64. The first-order valence-corrected chi connectivity index (χ1v) is 7.34. The molecule has 3 fully saturated rings. The summed E-state index contributed by atoms with van der Waals surface area (Å²) in [4.78, 5) is 38.7. The van der Waals surface area contributed by atoms with Gasteiger partial charge < -0.3 is 14.2 Å². The molecule has 3 saturated heterocycles. The van der Waals surface area contributed by atoms with Gasteiger partial charge in [0.15, 0.2) is 5.60 Å². The zero-order valence-corrected chi connectivity index (χ0v) is 13.5. The predicted octanol–water partition coefficient (Wildman–Crippen LogP) is 0.465. The lowest BCUT2D eigenvalue weighted by atomic mass is 9.77. The Balaban J connectivity index is 2.17. The Bertz CT molecular complexity index is 567. The van der Waals surface area contributed by atoms with Crippen LogP contribution in [0.15, 0.2) is 0 Å². The Hall–Kier alpha value is -1.63. The molecule has 7 nitrogen and oxygen atoms in total. The van der Waals surface area contributed by atoms with E-state index in [0.717, 1.165) is 0 Å². The van der Waals surface area contributed by atoms with Crippen LogP contribution in [0.4, 0.5) is 0 Å². The number of hydrogen-bond donors (Lipinski definition) is 0. The molecule has 0 bridgehead atoms. The lowest BCUT2D eigenvalue weighted by molar-refractivity contribution is -0.175. The second-order valence-electron chi connectivity index (χ2n) is 7.43. The van der Waals surface area contributed by atoms with Crippen molar-refractivity contribution in [3.63, 3.8) is 0 Å². The third-order valence-electron chi connectivity index (χ3n) is 5.08.